The Morgan fingerprint density at radius 2 is 2.03 bits per heavy atom. The van der Waals surface area contributed by atoms with Crippen LogP contribution in [-0.4, -0.2) is 63.3 Å². The molecule has 0 unspecified atom stereocenters. The normalized spacial score (nSPS) is 25.1. The van der Waals surface area contributed by atoms with Gasteiger partial charge in [0, 0.05) is 44.0 Å². The summed E-state index contributed by atoms with van der Waals surface area (Å²) in [4.78, 5) is 15.7. The zero-order valence-electron chi connectivity index (χ0n) is 20.3. The summed E-state index contributed by atoms with van der Waals surface area (Å²) in [5.74, 6) is 0.0730. The number of alkyl halides is 3. The molecule has 11 heteroatoms. The summed E-state index contributed by atoms with van der Waals surface area (Å²) < 4.78 is 46.6. The van der Waals surface area contributed by atoms with Gasteiger partial charge in [-0.25, -0.2) is 0 Å². The molecule has 3 aliphatic rings. The van der Waals surface area contributed by atoms with Crippen molar-refractivity contribution in [1.29, 1.82) is 0 Å². The van der Waals surface area contributed by atoms with Gasteiger partial charge in [-0.1, -0.05) is 12.2 Å². The van der Waals surface area contributed by atoms with Crippen LogP contribution in [0.2, 0.25) is 0 Å². The number of nitrogens with zero attached hydrogens (tertiary/aromatic N) is 4. The van der Waals surface area contributed by atoms with E-state index in [2.05, 4.69) is 32.5 Å². The van der Waals surface area contributed by atoms with E-state index in [0.717, 1.165) is 55.7 Å². The van der Waals surface area contributed by atoms with Crippen molar-refractivity contribution in [3.05, 3.63) is 41.0 Å². The van der Waals surface area contributed by atoms with Crippen molar-refractivity contribution in [2.24, 2.45) is 5.41 Å². The van der Waals surface area contributed by atoms with Crippen LogP contribution >= 0.6 is 0 Å². The van der Waals surface area contributed by atoms with Crippen LogP contribution < -0.4 is 5.32 Å². The Bertz CT molecular complexity index is 1130. The summed E-state index contributed by atoms with van der Waals surface area (Å²) in [5.41, 5.74) is 0.812. The standard InChI is InChI=1S/C25H31F3N6O2/c1-15(2)24(7-3-19(13-24)29-18-5-9-36-10-6-18)23(35)34-8-4-20-16(14-34)11-17(25(26,27)28)12-21(20)22-30-32-33-31-22/h11-12,18-19,29H,1,3-10,13-14H2,2H3,(H,30,31,32,33)/t19-,24+/m1/s1. The fraction of sp³-hybridized carbons (Fsp3) is 0.600. The zero-order valence-corrected chi connectivity index (χ0v) is 20.3. The minimum Gasteiger partial charge on any atom is -0.381 e. The lowest BCUT2D eigenvalue weighted by molar-refractivity contribution is -0.140. The highest BCUT2D eigenvalue weighted by molar-refractivity contribution is 5.86. The first-order valence-electron chi connectivity index (χ1n) is 12.4. The Kier molecular flexibility index (Phi) is 6.63. The zero-order chi connectivity index (χ0) is 25.5. The van der Waals surface area contributed by atoms with Gasteiger partial charge in [0.25, 0.3) is 0 Å². The van der Waals surface area contributed by atoms with Gasteiger partial charge in [-0.3, -0.25) is 4.79 Å². The SMILES string of the molecule is C=C(C)[C@]1(C(=O)N2CCc3c(cc(C(F)(F)F)cc3-c3nn[nH]n3)C2)CC[C@@H](NC2CCOCC2)C1. The number of aromatic nitrogens is 4. The molecule has 3 heterocycles. The molecule has 0 radical (unpaired) electrons. The van der Waals surface area contributed by atoms with Crippen molar-refractivity contribution in [3.63, 3.8) is 0 Å². The van der Waals surface area contributed by atoms with E-state index < -0.39 is 17.2 Å². The lowest BCUT2D eigenvalue weighted by atomic mass is 9.77. The minimum absolute atomic E-state index is 0.0459. The number of nitrogens with one attached hydrogen (secondary N) is 2. The Labute approximate surface area is 207 Å². The quantitative estimate of drug-likeness (QED) is 0.604. The van der Waals surface area contributed by atoms with Gasteiger partial charge in [-0.2, -0.15) is 18.4 Å². The van der Waals surface area contributed by atoms with E-state index in [1.165, 1.54) is 0 Å². The van der Waals surface area contributed by atoms with Crippen molar-refractivity contribution in [3.8, 4) is 11.4 Å². The number of hydrogen-bond acceptors (Lipinski definition) is 6. The topological polar surface area (TPSA) is 96.0 Å². The first-order chi connectivity index (χ1) is 17.2. The summed E-state index contributed by atoms with van der Waals surface area (Å²) >= 11 is 0. The molecule has 2 N–H and O–H groups in total. The molecule has 8 nitrogen and oxygen atoms in total. The van der Waals surface area contributed by atoms with E-state index in [1.807, 2.05) is 6.92 Å². The summed E-state index contributed by atoms with van der Waals surface area (Å²) in [7, 11) is 0. The molecule has 2 aliphatic heterocycles. The third-order valence-electron chi connectivity index (χ3n) is 7.97. The monoisotopic (exact) mass is 504 g/mol. The second kappa shape index (κ2) is 9.59. The highest BCUT2D eigenvalue weighted by Crippen LogP contribution is 2.46. The number of hydrogen-bond donors (Lipinski definition) is 2. The van der Waals surface area contributed by atoms with Crippen molar-refractivity contribution in [1.82, 2.24) is 30.8 Å². The number of aromatic amines is 1. The summed E-state index contributed by atoms with van der Waals surface area (Å²) in [5, 5.41) is 17.3. The number of rotatable bonds is 5. The number of carbonyl (C=O) groups excluding carboxylic acids is 1. The predicted octanol–water partition coefficient (Wildman–Crippen LogP) is 3.65. The maximum Gasteiger partial charge on any atom is 0.416 e. The second-order valence-electron chi connectivity index (χ2n) is 10.2. The van der Waals surface area contributed by atoms with Crippen molar-refractivity contribution in [2.45, 2.75) is 70.3 Å². The molecule has 1 aromatic heterocycles. The average molecular weight is 505 g/mol. The molecule has 0 spiro atoms. The molecule has 36 heavy (non-hydrogen) atoms. The van der Waals surface area contributed by atoms with Crippen LogP contribution in [0.15, 0.2) is 24.3 Å². The van der Waals surface area contributed by atoms with Crippen LogP contribution in [0.4, 0.5) is 13.2 Å². The molecule has 0 bridgehead atoms. The summed E-state index contributed by atoms with van der Waals surface area (Å²) in [6, 6.07) is 2.80. The molecular formula is C25H31F3N6O2. The number of halogens is 3. The maximum absolute atomic E-state index is 14.0. The van der Waals surface area contributed by atoms with Gasteiger partial charge in [0.2, 0.25) is 11.7 Å². The second-order valence-corrected chi connectivity index (χ2v) is 10.2. The first kappa shape index (κ1) is 24.9. The molecule has 2 fully saturated rings. The summed E-state index contributed by atoms with van der Waals surface area (Å²) in [6.07, 6.45) is -0.0109. The molecule has 1 saturated heterocycles. The predicted molar refractivity (Wildman–Crippen MR) is 126 cm³/mol. The van der Waals surface area contributed by atoms with E-state index >= 15 is 0 Å². The largest absolute Gasteiger partial charge is 0.416 e. The molecule has 2 atom stereocenters. The molecule has 194 valence electrons. The number of fused-ring (bicyclic) bond motifs is 1. The third-order valence-corrected chi connectivity index (χ3v) is 7.97. The Balaban J connectivity index is 1.39. The van der Waals surface area contributed by atoms with Crippen LogP contribution in [-0.2, 0) is 28.7 Å². The average Bonchev–Trinajstić information content (AvgIpc) is 3.54. The highest BCUT2D eigenvalue weighted by Gasteiger charge is 2.48. The van der Waals surface area contributed by atoms with Crippen LogP contribution in [0.1, 0.15) is 55.7 Å². The van der Waals surface area contributed by atoms with Crippen molar-refractivity contribution >= 4 is 5.91 Å². The molecule has 1 amide bonds. The number of ether oxygens (including phenoxy) is 1. The smallest absolute Gasteiger partial charge is 0.381 e. The highest BCUT2D eigenvalue weighted by atomic mass is 19.4. The Morgan fingerprint density at radius 1 is 1.25 bits per heavy atom. The summed E-state index contributed by atoms with van der Waals surface area (Å²) in [6.45, 7) is 8.07. The third kappa shape index (κ3) is 4.66. The molecule has 1 aliphatic carbocycles. The van der Waals surface area contributed by atoms with Crippen LogP contribution in [0.25, 0.3) is 11.4 Å². The fourth-order valence-electron chi connectivity index (χ4n) is 5.96. The van der Waals surface area contributed by atoms with Gasteiger partial charge >= 0.3 is 6.18 Å². The number of carbonyl (C=O) groups is 1. The van der Waals surface area contributed by atoms with Crippen LogP contribution in [0.3, 0.4) is 0 Å². The fourth-order valence-corrected chi connectivity index (χ4v) is 5.96. The molecule has 5 rings (SSSR count). The lowest BCUT2D eigenvalue weighted by Gasteiger charge is -2.38. The molecule has 1 aromatic carbocycles. The van der Waals surface area contributed by atoms with Gasteiger partial charge in [0.1, 0.15) is 0 Å². The van der Waals surface area contributed by atoms with E-state index in [4.69, 9.17) is 4.74 Å². The van der Waals surface area contributed by atoms with Crippen LogP contribution in [0, 0.1) is 5.41 Å². The molecule has 2 aromatic rings. The van der Waals surface area contributed by atoms with Crippen molar-refractivity contribution < 1.29 is 22.7 Å². The lowest BCUT2D eigenvalue weighted by Crippen LogP contribution is -2.47. The van der Waals surface area contributed by atoms with E-state index in [-0.39, 0.29) is 24.3 Å². The Hall–Kier alpha value is -2.79. The van der Waals surface area contributed by atoms with Gasteiger partial charge < -0.3 is 15.0 Å². The van der Waals surface area contributed by atoms with Crippen molar-refractivity contribution in [2.75, 3.05) is 19.8 Å². The number of tetrazole rings is 1. The van der Waals surface area contributed by atoms with E-state index in [1.54, 1.807) is 4.90 Å². The molecular weight excluding hydrogens is 473 g/mol. The van der Waals surface area contributed by atoms with E-state index in [0.29, 0.717) is 43.0 Å². The Morgan fingerprint density at radius 3 is 2.69 bits per heavy atom. The number of amides is 1. The number of H-pyrrole nitrogens is 1. The van der Waals surface area contributed by atoms with E-state index in [9.17, 15) is 18.0 Å². The van der Waals surface area contributed by atoms with Crippen LogP contribution in [0.5, 0.6) is 0 Å². The first-order valence-corrected chi connectivity index (χ1v) is 12.4. The van der Waals surface area contributed by atoms with Gasteiger partial charge in [-0.05, 0) is 73.9 Å². The maximum atomic E-state index is 14.0. The van der Waals surface area contributed by atoms with Gasteiger partial charge in [0.15, 0.2) is 0 Å². The van der Waals surface area contributed by atoms with Gasteiger partial charge in [0.05, 0.1) is 11.0 Å². The molecule has 1 saturated carbocycles. The van der Waals surface area contributed by atoms with Gasteiger partial charge in [-0.15, -0.1) is 10.2 Å². The minimum atomic E-state index is -4.53. The number of benzene rings is 1.